The molecule has 28 heavy (non-hydrogen) atoms. The Morgan fingerprint density at radius 3 is 2.68 bits per heavy atom. The van der Waals surface area contributed by atoms with Gasteiger partial charge in [-0.2, -0.15) is 4.79 Å². The zero-order chi connectivity index (χ0) is 20.1. The van der Waals surface area contributed by atoms with Crippen LogP contribution in [0.1, 0.15) is 72.1 Å². The standard InChI is InChI=1S/C23H32N2O3/c1-14(26)28-16-8-10-22(2)15(12-16)4-5-17-18-6-7-20(21(27)13-25-24)23(18,3)11-9-19(17)22/h4,13,16-20H,5-12H2,1-3H3/t16-,17-,18-,19+,20+,22-,23-/m0/s1. The summed E-state index contributed by atoms with van der Waals surface area (Å²) < 4.78 is 5.52. The molecule has 3 fully saturated rings. The highest BCUT2D eigenvalue weighted by Gasteiger charge is 2.60. The molecule has 0 N–H and O–H groups in total. The highest BCUT2D eigenvalue weighted by atomic mass is 16.5. The number of carbonyl (C=O) groups is 2. The number of ketones is 1. The number of rotatable bonds is 3. The maximum Gasteiger partial charge on any atom is 0.323 e. The fraction of sp³-hybridized carbons (Fsp3) is 0.783. The lowest BCUT2D eigenvalue weighted by atomic mass is 9.47. The van der Waals surface area contributed by atoms with Crippen LogP contribution >= 0.6 is 0 Å². The van der Waals surface area contributed by atoms with E-state index in [-0.39, 0.29) is 34.6 Å². The van der Waals surface area contributed by atoms with E-state index in [0.29, 0.717) is 17.8 Å². The Morgan fingerprint density at radius 1 is 1.18 bits per heavy atom. The molecule has 4 rings (SSSR count). The zero-order valence-electron chi connectivity index (χ0n) is 17.3. The summed E-state index contributed by atoms with van der Waals surface area (Å²) in [4.78, 5) is 26.9. The van der Waals surface area contributed by atoms with Crippen LogP contribution in [0.15, 0.2) is 11.6 Å². The van der Waals surface area contributed by atoms with E-state index in [1.807, 2.05) is 0 Å². The van der Waals surface area contributed by atoms with Crippen molar-refractivity contribution in [2.45, 2.75) is 78.2 Å². The first-order valence-electron chi connectivity index (χ1n) is 10.9. The molecule has 0 amide bonds. The lowest BCUT2D eigenvalue weighted by molar-refractivity contribution is -0.149. The molecule has 0 radical (unpaired) electrons. The van der Waals surface area contributed by atoms with E-state index in [0.717, 1.165) is 57.6 Å². The molecule has 0 heterocycles. The molecule has 4 aliphatic carbocycles. The van der Waals surface area contributed by atoms with Gasteiger partial charge in [-0.1, -0.05) is 25.5 Å². The first-order valence-corrected chi connectivity index (χ1v) is 10.9. The monoisotopic (exact) mass is 384 g/mol. The third-order valence-electron chi connectivity index (χ3n) is 8.92. The van der Waals surface area contributed by atoms with Gasteiger partial charge in [0.15, 0.2) is 0 Å². The van der Waals surface area contributed by atoms with Crippen LogP contribution < -0.4 is 0 Å². The van der Waals surface area contributed by atoms with Crippen molar-refractivity contribution >= 4 is 18.0 Å². The van der Waals surface area contributed by atoms with Gasteiger partial charge in [-0.05, 0) is 73.5 Å². The predicted octanol–water partition coefficient (Wildman–Crippen LogP) is 4.37. The summed E-state index contributed by atoms with van der Waals surface area (Å²) in [5.41, 5.74) is 10.5. The molecule has 0 unspecified atom stereocenters. The molecule has 0 aromatic heterocycles. The molecular weight excluding hydrogens is 352 g/mol. The molecule has 5 heteroatoms. The number of ether oxygens (including phenoxy) is 1. The Balaban J connectivity index is 1.58. The van der Waals surface area contributed by atoms with Crippen molar-refractivity contribution in [2.24, 2.45) is 34.5 Å². The van der Waals surface area contributed by atoms with E-state index in [1.54, 1.807) is 0 Å². The van der Waals surface area contributed by atoms with E-state index < -0.39 is 0 Å². The summed E-state index contributed by atoms with van der Waals surface area (Å²) in [7, 11) is 0. The SMILES string of the molecule is CC(=O)O[C@H]1CC[C@@]2(C)C(=CC[C@@H]3[C@H]2CC[C@]2(C)[C@@H](C(=O)C=[N+]=[N-])CC[C@@H]32)C1. The number of fused-ring (bicyclic) bond motifs is 5. The van der Waals surface area contributed by atoms with Gasteiger partial charge in [0, 0.05) is 19.3 Å². The summed E-state index contributed by atoms with van der Waals surface area (Å²) in [5.74, 6) is 1.65. The Hall–Kier alpha value is -1.74. The minimum Gasteiger partial charge on any atom is -0.462 e. The second-order valence-corrected chi connectivity index (χ2v) is 10.1. The molecule has 4 aliphatic rings. The van der Waals surface area contributed by atoms with Gasteiger partial charge < -0.3 is 10.3 Å². The van der Waals surface area contributed by atoms with Crippen LogP contribution in [-0.4, -0.2) is 28.9 Å². The minimum absolute atomic E-state index is 0.00719. The summed E-state index contributed by atoms with van der Waals surface area (Å²) in [5, 5.41) is 0. The van der Waals surface area contributed by atoms with Gasteiger partial charge in [0.2, 0.25) is 5.78 Å². The number of hydrogen-bond acceptors (Lipinski definition) is 3. The van der Waals surface area contributed by atoms with Crippen LogP contribution in [0.3, 0.4) is 0 Å². The average Bonchev–Trinajstić information content (AvgIpc) is 2.99. The molecule has 0 bridgehead atoms. The molecule has 0 aromatic rings. The highest BCUT2D eigenvalue weighted by Crippen LogP contribution is 2.66. The molecule has 152 valence electrons. The quantitative estimate of drug-likeness (QED) is 0.238. The van der Waals surface area contributed by atoms with Gasteiger partial charge in [0.25, 0.3) is 0 Å². The Labute approximate surface area is 167 Å². The molecule has 0 aliphatic heterocycles. The molecule has 7 atom stereocenters. The zero-order valence-corrected chi connectivity index (χ0v) is 17.3. The fourth-order valence-corrected chi connectivity index (χ4v) is 7.58. The number of carbonyl (C=O) groups excluding carboxylic acids is 2. The Bertz CT molecular complexity index is 768. The van der Waals surface area contributed by atoms with Crippen LogP contribution in [0.5, 0.6) is 0 Å². The van der Waals surface area contributed by atoms with Gasteiger partial charge in [0.05, 0.1) is 0 Å². The highest BCUT2D eigenvalue weighted by molar-refractivity contribution is 6.26. The van der Waals surface area contributed by atoms with Crippen LogP contribution in [0, 0.1) is 34.5 Å². The summed E-state index contributed by atoms with van der Waals surface area (Å²) in [6, 6.07) is 0. The van der Waals surface area contributed by atoms with Crippen molar-refractivity contribution in [1.82, 2.24) is 0 Å². The van der Waals surface area contributed by atoms with Gasteiger partial charge in [-0.15, -0.1) is 0 Å². The van der Waals surface area contributed by atoms with E-state index in [4.69, 9.17) is 10.3 Å². The fourth-order valence-electron chi connectivity index (χ4n) is 7.58. The minimum atomic E-state index is -0.176. The van der Waals surface area contributed by atoms with Crippen LogP contribution in [0.4, 0.5) is 0 Å². The van der Waals surface area contributed by atoms with E-state index in [9.17, 15) is 9.59 Å². The number of Topliss-reactive ketones (excluding diaryl/α,β-unsaturated/α-hetero) is 1. The Kier molecular flexibility index (Phi) is 4.86. The summed E-state index contributed by atoms with van der Waals surface area (Å²) in [6.45, 7) is 6.23. The van der Waals surface area contributed by atoms with Gasteiger partial charge >= 0.3 is 12.2 Å². The van der Waals surface area contributed by atoms with Crippen molar-refractivity contribution in [1.29, 1.82) is 0 Å². The van der Waals surface area contributed by atoms with Crippen molar-refractivity contribution in [3.63, 3.8) is 0 Å². The predicted molar refractivity (Wildman–Crippen MR) is 105 cm³/mol. The van der Waals surface area contributed by atoms with Crippen LogP contribution in [0.2, 0.25) is 0 Å². The number of allylic oxidation sites excluding steroid dienone is 1. The smallest absolute Gasteiger partial charge is 0.323 e. The third kappa shape index (κ3) is 2.90. The van der Waals surface area contributed by atoms with Crippen molar-refractivity contribution < 1.29 is 19.1 Å². The number of nitrogens with zero attached hydrogens (tertiary/aromatic N) is 2. The largest absolute Gasteiger partial charge is 0.462 e. The van der Waals surface area contributed by atoms with Gasteiger partial charge in [-0.3, -0.25) is 9.59 Å². The summed E-state index contributed by atoms with van der Waals surface area (Å²) >= 11 is 0. The Morgan fingerprint density at radius 2 is 1.96 bits per heavy atom. The third-order valence-corrected chi connectivity index (χ3v) is 8.92. The maximum absolute atomic E-state index is 12.5. The maximum atomic E-state index is 12.5. The first-order chi connectivity index (χ1) is 13.3. The van der Waals surface area contributed by atoms with E-state index in [1.165, 1.54) is 12.5 Å². The summed E-state index contributed by atoms with van der Waals surface area (Å²) in [6.07, 6.45) is 11.8. The lowest BCUT2D eigenvalue weighted by Gasteiger charge is -2.57. The van der Waals surface area contributed by atoms with Crippen molar-refractivity contribution in [3.8, 4) is 0 Å². The molecule has 3 saturated carbocycles. The second kappa shape index (κ2) is 6.95. The first kappa shape index (κ1) is 19.6. The number of hydrogen-bond donors (Lipinski definition) is 0. The lowest BCUT2D eigenvalue weighted by Crippen LogP contribution is -2.51. The van der Waals surface area contributed by atoms with Gasteiger partial charge in [-0.25, -0.2) is 0 Å². The molecule has 0 saturated heterocycles. The van der Waals surface area contributed by atoms with Crippen molar-refractivity contribution in [2.75, 3.05) is 0 Å². The normalized spacial score (nSPS) is 44.2. The van der Waals surface area contributed by atoms with E-state index in [2.05, 4.69) is 24.7 Å². The molecule has 0 spiro atoms. The topological polar surface area (TPSA) is 79.8 Å². The van der Waals surface area contributed by atoms with Crippen molar-refractivity contribution in [3.05, 3.63) is 17.2 Å². The molecule has 5 nitrogen and oxygen atoms in total. The van der Waals surface area contributed by atoms with Crippen LogP contribution in [-0.2, 0) is 14.3 Å². The second-order valence-electron chi connectivity index (χ2n) is 10.1. The molecule has 0 aromatic carbocycles. The van der Waals surface area contributed by atoms with Crippen LogP contribution in [0.25, 0.3) is 5.53 Å². The van der Waals surface area contributed by atoms with Gasteiger partial charge in [0.1, 0.15) is 6.10 Å². The molecular formula is C23H32N2O3. The number of esters is 1. The van der Waals surface area contributed by atoms with E-state index >= 15 is 0 Å². The average molecular weight is 385 g/mol.